The predicted octanol–water partition coefficient (Wildman–Crippen LogP) is 16.8. The summed E-state index contributed by atoms with van der Waals surface area (Å²) in [5, 5.41) is 14.2. The van der Waals surface area contributed by atoms with Crippen molar-refractivity contribution in [3.8, 4) is 44.5 Å². The summed E-state index contributed by atoms with van der Waals surface area (Å²) in [5.74, 6) is 0. The topological polar surface area (TPSA) is 26.3 Å². The molecular formula is C58H34O2. The Morgan fingerprint density at radius 2 is 0.600 bits per heavy atom. The molecule has 2 heteroatoms. The van der Waals surface area contributed by atoms with E-state index in [-0.39, 0.29) is 0 Å². The van der Waals surface area contributed by atoms with E-state index in [1.54, 1.807) is 0 Å². The van der Waals surface area contributed by atoms with Gasteiger partial charge in [-0.3, -0.25) is 0 Å². The molecule has 2 heterocycles. The Labute approximate surface area is 345 Å². The maximum atomic E-state index is 6.96. The van der Waals surface area contributed by atoms with E-state index in [0.717, 1.165) is 49.4 Å². The number of fused-ring (bicyclic) bond motifs is 10. The molecule has 0 N–H and O–H groups in total. The van der Waals surface area contributed by atoms with Gasteiger partial charge in [0.1, 0.15) is 22.3 Å². The third-order valence-corrected chi connectivity index (χ3v) is 12.6. The second-order valence-corrected chi connectivity index (χ2v) is 15.9. The van der Waals surface area contributed by atoms with E-state index in [1.807, 2.05) is 12.1 Å². The van der Waals surface area contributed by atoms with Crippen molar-refractivity contribution in [2.24, 2.45) is 0 Å². The van der Waals surface area contributed by atoms with Crippen LogP contribution in [0, 0.1) is 0 Å². The van der Waals surface area contributed by atoms with E-state index in [4.69, 9.17) is 8.83 Å². The first-order chi connectivity index (χ1) is 29.8. The molecule has 11 aromatic carbocycles. The average molecular weight is 763 g/mol. The van der Waals surface area contributed by atoms with Crippen molar-refractivity contribution in [2.45, 2.75) is 0 Å². The van der Waals surface area contributed by atoms with Crippen molar-refractivity contribution >= 4 is 87.0 Å². The molecule has 60 heavy (non-hydrogen) atoms. The smallest absolute Gasteiger partial charge is 0.143 e. The van der Waals surface area contributed by atoms with Gasteiger partial charge in [-0.25, -0.2) is 0 Å². The van der Waals surface area contributed by atoms with E-state index in [2.05, 4.69) is 194 Å². The Balaban J connectivity index is 1.05. The third-order valence-electron chi connectivity index (χ3n) is 12.6. The number of hydrogen-bond donors (Lipinski definition) is 0. The maximum Gasteiger partial charge on any atom is 0.143 e. The fraction of sp³-hybridized carbons (Fsp3) is 0. The molecule has 0 fully saturated rings. The molecule has 0 atom stereocenters. The highest BCUT2D eigenvalue weighted by Crippen LogP contribution is 2.49. The van der Waals surface area contributed by atoms with Crippen LogP contribution in [0.3, 0.4) is 0 Å². The molecule has 278 valence electrons. The first-order valence-electron chi connectivity index (χ1n) is 20.6. The summed E-state index contributed by atoms with van der Waals surface area (Å²) in [4.78, 5) is 0. The zero-order chi connectivity index (χ0) is 39.3. The average Bonchev–Trinajstić information content (AvgIpc) is 3.88. The zero-order valence-electron chi connectivity index (χ0n) is 32.4. The molecule has 0 saturated heterocycles. The van der Waals surface area contributed by atoms with Crippen LogP contribution in [0.1, 0.15) is 0 Å². The van der Waals surface area contributed by atoms with E-state index >= 15 is 0 Å². The summed E-state index contributed by atoms with van der Waals surface area (Å²) in [6.45, 7) is 0. The van der Waals surface area contributed by atoms with Gasteiger partial charge >= 0.3 is 0 Å². The van der Waals surface area contributed by atoms with Crippen molar-refractivity contribution in [1.29, 1.82) is 0 Å². The van der Waals surface area contributed by atoms with Gasteiger partial charge in [-0.05, 0) is 107 Å². The molecule has 13 rings (SSSR count). The molecule has 0 aliphatic heterocycles. The summed E-state index contributed by atoms with van der Waals surface area (Å²) in [6.07, 6.45) is 0. The Morgan fingerprint density at radius 1 is 0.217 bits per heavy atom. The van der Waals surface area contributed by atoms with Crippen LogP contribution in [0.25, 0.3) is 131 Å². The Kier molecular flexibility index (Phi) is 7.05. The summed E-state index contributed by atoms with van der Waals surface area (Å²) in [6, 6.07) is 74.5. The van der Waals surface area contributed by atoms with Gasteiger partial charge in [0.2, 0.25) is 0 Å². The van der Waals surface area contributed by atoms with Crippen LogP contribution in [0.4, 0.5) is 0 Å². The van der Waals surface area contributed by atoms with Gasteiger partial charge < -0.3 is 8.83 Å². The van der Waals surface area contributed by atoms with Gasteiger partial charge in [0.05, 0.1) is 0 Å². The maximum absolute atomic E-state index is 6.96. The van der Waals surface area contributed by atoms with Gasteiger partial charge in [0.25, 0.3) is 0 Å². The van der Waals surface area contributed by atoms with Gasteiger partial charge in [0, 0.05) is 32.7 Å². The van der Waals surface area contributed by atoms with Crippen molar-refractivity contribution in [2.75, 3.05) is 0 Å². The highest BCUT2D eigenvalue weighted by molar-refractivity contribution is 6.26. The van der Waals surface area contributed by atoms with Crippen LogP contribution in [0.5, 0.6) is 0 Å². The molecule has 0 amide bonds. The minimum Gasteiger partial charge on any atom is -0.456 e. The minimum atomic E-state index is 0.876. The molecule has 2 nitrogen and oxygen atoms in total. The second kappa shape index (κ2) is 12.8. The molecule has 0 bridgehead atoms. The molecule has 0 unspecified atom stereocenters. The van der Waals surface area contributed by atoms with Crippen LogP contribution < -0.4 is 0 Å². The van der Waals surface area contributed by atoms with Crippen LogP contribution in [0.15, 0.2) is 215 Å². The van der Waals surface area contributed by atoms with Crippen LogP contribution in [-0.2, 0) is 0 Å². The fourth-order valence-electron chi connectivity index (χ4n) is 10.1. The number of benzene rings is 11. The Morgan fingerprint density at radius 3 is 1.13 bits per heavy atom. The van der Waals surface area contributed by atoms with Gasteiger partial charge in [0.15, 0.2) is 0 Å². The van der Waals surface area contributed by atoms with Crippen LogP contribution >= 0.6 is 0 Å². The summed E-state index contributed by atoms with van der Waals surface area (Å²) in [7, 11) is 0. The highest BCUT2D eigenvalue weighted by Gasteiger charge is 2.22. The predicted molar refractivity (Wildman–Crippen MR) is 253 cm³/mol. The lowest BCUT2D eigenvalue weighted by Gasteiger charge is -2.18. The first kappa shape index (κ1) is 33.1. The molecule has 0 aliphatic carbocycles. The molecule has 13 aromatic rings. The van der Waals surface area contributed by atoms with Gasteiger partial charge in [-0.2, -0.15) is 0 Å². The molecular weight excluding hydrogens is 729 g/mol. The Hall–Kier alpha value is -7.94. The number of furan rings is 2. The minimum absolute atomic E-state index is 0.876. The normalized spacial score (nSPS) is 12.0. The highest BCUT2D eigenvalue weighted by atomic mass is 16.3. The van der Waals surface area contributed by atoms with Crippen molar-refractivity contribution < 1.29 is 8.83 Å². The summed E-state index contributed by atoms with van der Waals surface area (Å²) in [5.41, 5.74) is 13.1. The molecule has 0 aliphatic rings. The van der Waals surface area contributed by atoms with E-state index < -0.39 is 0 Å². The third kappa shape index (κ3) is 4.76. The lowest BCUT2D eigenvalue weighted by atomic mass is 9.85. The summed E-state index contributed by atoms with van der Waals surface area (Å²) >= 11 is 0. The van der Waals surface area contributed by atoms with Gasteiger partial charge in [-0.15, -0.1) is 0 Å². The van der Waals surface area contributed by atoms with Crippen LogP contribution in [0.2, 0.25) is 0 Å². The molecule has 2 aromatic heterocycles. The SMILES string of the molecule is c1ccc(-c2c3ccccc3c(-c3ccc4oc5c(-c6c7ccccc7c(-c7ccc8oc9ccccc9c8c7)c7ccccc67)cccc5c4c3)c3ccccc23)cc1. The first-order valence-corrected chi connectivity index (χ1v) is 20.6. The zero-order valence-corrected chi connectivity index (χ0v) is 32.4. The molecule has 0 spiro atoms. The standard InChI is InChI=1S/C58H34O2/c1-2-15-35(16-3-1)54-39-18-4-6-20-41(39)55(42-21-7-5-19-40(42)54)37-30-32-53-50(34-37)47-26-14-27-48(58(47)60-53)57-45-24-10-8-22-43(45)56(44-23-9-11-25-46(44)57)36-29-31-52-49(33-36)38-17-12-13-28-51(38)59-52/h1-34H. The Bertz CT molecular complexity index is 3770. The van der Waals surface area contributed by atoms with Crippen molar-refractivity contribution in [3.63, 3.8) is 0 Å². The van der Waals surface area contributed by atoms with Gasteiger partial charge in [-0.1, -0.05) is 176 Å². The van der Waals surface area contributed by atoms with Crippen molar-refractivity contribution in [1.82, 2.24) is 0 Å². The number of rotatable bonds is 4. The van der Waals surface area contributed by atoms with Crippen LogP contribution in [-0.4, -0.2) is 0 Å². The van der Waals surface area contributed by atoms with E-state index in [1.165, 1.54) is 82.0 Å². The number of para-hydroxylation sites is 2. The fourth-order valence-corrected chi connectivity index (χ4v) is 10.1. The van der Waals surface area contributed by atoms with E-state index in [9.17, 15) is 0 Å². The lowest BCUT2D eigenvalue weighted by Crippen LogP contribution is -1.91. The molecule has 0 radical (unpaired) electrons. The number of hydrogen-bond acceptors (Lipinski definition) is 2. The molecule has 0 saturated carbocycles. The summed E-state index contributed by atoms with van der Waals surface area (Å²) < 4.78 is 13.2. The lowest BCUT2D eigenvalue weighted by molar-refractivity contribution is 0.669. The second-order valence-electron chi connectivity index (χ2n) is 15.9. The quantitative estimate of drug-likeness (QED) is 0.167. The largest absolute Gasteiger partial charge is 0.456 e. The monoisotopic (exact) mass is 762 g/mol. The van der Waals surface area contributed by atoms with E-state index in [0.29, 0.717) is 0 Å². The van der Waals surface area contributed by atoms with Crippen molar-refractivity contribution in [3.05, 3.63) is 206 Å².